The molecule has 1 saturated heterocycles. The van der Waals surface area contributed by atoms with E-state index in [4.69, 9.17) is 26.8 Å². The molecule has 0 saturated carbocycles. The molecule has 0 bridgehead atoms. The Morgan fingerprint density at radius 2 is 1.85 bits per heavy atom. The van der Waals surface area contributed by atoms with Crippen LogP contribution in [0.3, 0.4) is 0 Å². The number of pyridine rings is 1. The van der Waals surface area contributed by atoms with Gasteiger partial charge in [-0.3, -0.25) is 4.79 Å². The molecule has 2 aliphatic heterocycles. The number of rotatable bonds is 2. The Balaban J connectivity index is 1.52. The molecule has 1 aromatic heterocycles. The number of hydrogen-bond donors (Lipinski definition) is 1. The first-order valence-corrected chi connectivity index (χ1v) is 10.7. The first-order chi connectivity index (χ1) is 15.7. The van der Waals surface area contributed by atoms with Crippen LogP contribution in [0.2, 0.25) is 5.02 Å². The summed E-state index contributed by atoms with van der Waals surface area (Å²) in [5, 5.41) is 0.958. The summed E-state index contributed by atoms with van der Waals surface area (Å²) in [7, 11) is 0. The molecule has 5 rings (SSSR count). The van der Waals surface area contributed by atoms with E-state index in [0.29, 0.717) is 36.7 Å². The van der Waals surface area contributed by atoms with Gasteiger partial charge in [0.15, 0.2) is 0 Å². The van der Waals surface area contributed by atoms with Gasteiger partial charge >= 0.3 is 6.18 Å². The molecule has 0 aliphatic carbocycles. The number of ether oxygens (including phenoxy) is 2. The zero-order valence-corrected chi connectivity index (χ0v) is 18.0. The van der Waals surface area contributed by atoms with Crippen LogP contribution in [0.5, 0.6) is 0 Å². The molecule has 0 unspecified atom stereocenters. The van der Waals surface area contributed by atoms with Crippen LogP contribution >= 0.6 is 11.6 Å². The maximum atomic E-state index is 13.6. The number of nitrogen functional groups attached to an aromatic ring is 1. The molecular weight excluding hydrogens is 459 g/mol. The van der Waals surface area contributed by atoms with Crippen LogP contribution in [0, 0.1) is 0 Å². The molecule has 172 valence electrons. The molecule has 2 N–H and O–H groups in total. The fourth-order valence-electron chi connectivity index (χ4n) is 4.33. The average Bonchev–Trinajstić information content (AvgIpc) is 3.29. The SMILES string of the molecule is Nc1nc2cc(Cl)c(C(=O)N3CCOC[C@@H]3c3ccc(C(F)(F)F)cc3)cc2c2c1COC2. The molecule has 6 nitrogen and oxygen atoms in total. The van der Waals surface area contributed by atoms with Crippen molar-refractivity contribution in [1.82, 2.24) is 9.88 Å². The highest BCUT2D eigenvalue weighted by atomic mass is 35.5. The number of fused-ring (bicyclic) bond motifs is 3. The van der Waals surface area contributed by atoms with Gasteiger partial charge in [-0.1, -0.05) is 23.7 Å². The number of nitrogens with two attached hydrogens (primary N) is 1. The number of benzene rings is 2. The molecule has 2 aromatic carbocycles. The maximum Gasteiger partial charge on any atom is 0.416 e. The number of nitrogens with zero attached hydrogens (tertiary/aromatic N) is 2. The zero-order chi connectivity index (χ0) is 23.3. The smallest absolute Gasteiger partial charge is 0.383 e. The minimum absolute atomic E-state index is 0.170. The van der Waals surface area contributed by atoms with Crippen LogP contribution in [0.4, 0.5) is 19.0 Å². The molecule has 2 aliphatic rings. The minimum atomic E-state index is -4.43. The van der Waals surface area contributed by atoms with Crippen molar-refractivity contribution < 1.29 is 27.4 Å². The Bertz CT molecular complexity index is 1250. The highest BCUT2D eigenvalue weighted by Crippen LogP contribution is 2.36. The summed E-state index contributed by atoms with van der Waals surface area (Å²) >= 11 is 6.47. The molecule has 3 aromatic rings. The van der Waals surface area contributed by atoms with E-state index in [1.165, 1.54) is 12.1 Å². The van der Waals surface area contributed by atoms with Gasteiger partial charge in [-0.25, -0.2) is 4.98 Å². The van der Waals surface area contributed by atoms with Gasteiger partial charge in [0, 0.05) is 17.5 Å². The van der Waals surface area contributed by atoms with Crippen LogP contribution in [0.1, 0.15) is 38.7 Å². The lowest BCUT2D eigenvalue weighted by Gasteiger charge is -2.36. The van der Waals surface area contributed by atoms with Gasteiger partial charge in [0.05, 0.1) is 54.1 Å². The van der Waals surface area contributed by atoms with E-state index in [9.17, 15) is 18.0 Å². The number of carbonyl (C=O) groups is 1. The predicted octanol–water partition coefficient (Wildman–Crippen LogP) is 4.73. The Hall–Kier alpha value is -2.88. The fraction of sp³-hybridized carbons (Fsp3) is 0.304. The summed E-state index contributed by atoms with van der Waals surface area (Å²) < 4.78 is 49.9. The van der Waals surface area contributed by atoms with Gasteiger partial charge < -0.3 is 20.1 Å². The lowest BCUT2D eigenvalue weighted by Crippen LogP contribution is -2.43. The van der Waals surface area contributed by atoms with Gasteiger partial charge in [0.2, 0.25) is 0 Å². The van der Waals surface area contributed by atoms with Crippen molar-refractivity contribution in [1.29, 1.82) is 0 Å². The normalized spacial score (nSPS) is 18.5. The van der Waals surface area contributed by atoms with Crippen molar-refractivity contribution in [2.45, 2.75) is 25.4 Å². The number of aromatic nitrogens is 1. The first-order valence-electron chi connectivity index (χ1n) is 10.3. The summed E-state index contributed by atoms with van der Waals surface area (Å²) in [6.07, 6.45) is -4.43. The highest BCUT2D eigenvalue weighted by molar-refractivity contribution is 6.34. The summed E-state index contributed by atoms with van der Waals surface area (Å²) in [6.45, 7) is 1.48. The lowest BCUT2D eigenvalue weighted by atomic mass is 9.99. The van der Waals surface area contributed by atoms with Crippen molar-refractivity contribution in [3.8, 4) is 0 Å². The minimum Gasteiger partial charge on any atom is -0.383 e. The van der Waals surface area contributed by atoms with Crippen LogP contribution in [0.25, 0.3) is 10.9 Å². The maximum absolute atomic E-state index is 13.6. The summed E-state index contributed by atoms with van der Waals surface area (Å²) in [5.74, 6) is 0.0419. The molecule has 0 spiro atoms. The monoisotopic (exact) mass is 477 g/mol. The molecule has 1 amide bonds. The molecule has 3 heterocycles. The summed E-state index contributed by atoms with van der Waals surface area (Å²) in [5.41, 5.74) is 8.37. The average molecular weight is 478 g/mol. The second-order valence-corrected chi connectivity index (χ2v) is 8.41. The van der Waals surface area contributed by atoms with Gasteiger partial charge in [-0.2, -0.15) is 13.2 Å². The third-order valence-corrected chi connectivity index (χ3v) is 6.37. The third-order valence-electron chi connectivity index (χ3n) is 6.06. The van der Waals surface area contributed by atoms with Crippen LogP contribution in [-0.4, -0.2) is 35.5 Å². The Morgan fingerprint density at radius 3 is 2.58 bits per heavy atom. The van der Waals surface area contributed by atoms with E-state index in [1.807, 2.05) is 0 Å². The number of carbonyl (C=O) groups excluding carboxylic acids is 1. The largest absolute Gasteiger partial charge is 0.416 e. The van der Waals surface area contributed by atoms with Crippen LogP contribution in [-0.2, 0) is 28.9 Å². The number of halogens is 4. The summed E-state index contributed by atoms with van der Waals surface area (Å²) in [4.78, 5) is 19.5. The van der Waals surface area contributed by atoms with E-state index in [2.05, 4.69) is 4.98 Å². The van der Waals surface area contributed by atoms with Crippen molar-refractivity contribution in [2.75, 3.05) is 25.5 Å². The molecular formula is C23H19ClF3N3O3. The standard InChI is InChI=1S/C23H19ClF3N3O3/c24-18-8-19-14(16-9-33-10-17(16)21(28)29-19)7-15(18)22(31)30-5-6-32-11-20(30)12-1-3-13(4-2-12)23(25,26)27/h1-4,7-8,20H,5-6,9-11H2,(H2,28,29)/t20-/m1/s1. The van der Waals surface area contributed by atoms with Crippen LogP contribution < -0.4 is 5.73 Å². The Kier molecular flexibility index (Phi) is 5.43. The lowest BCUT2D eigenvalue weighted by molar-refractivity contribution is -0.137. The van der Waals surface area contributed by atoms with E-state index in [1.54, 1.807) is 17.0 Å². The number of alkyl halides is 3. The molecule has 1 fully saturated rings. The molecule has 10 heteroatoms. The molecule has 0 radical (unpaired) electrons. The van der Waals surface area contributed by atoms with Crippen molar-refractivity contribution in [3.05, 3.63) is 69.2 Å². The Morgan fingerprint density at radius 1 is 1.12 bits per heavy atom. The zero-order valence-electron chi connectivity index (χ0n) is 17.3. The third kappa shape index (κ3) is 3.90. The topological polar surface area (TPSA) is 77.7 Å². The first kappa shape index (κ1) is 21.9. The van der Waals surface area contributed by atoms with E-state index >= 15 is 0 Å². The molecule has 33 heavy (non-hydrogen) atoms. The van der Waals surface area contributed by atoms with Crippen molar-refractivity contribution in [3.63, 3.8) is 0 Å². The predicted molar refractivity (Wildman–Crippen MR) is 116 cm³/mol. The quantitative estimate of drug-likeness (QED) is 0.577. The highest BCUT2D eigenvalue weighted by Gasteiger charge is 2.33. The number of anilines is 1. The number of hydrogen-bond acceptors (Lipinski definition) is 5. The second kappa shape index (κ2) is 8.16. The van der Waals surface area contributed by atoms with Crippen molar-refractivity contribution >= 4 is 34.2 Å². The Labute approximate surface area is 192 Å². The fourth-order valence-corrected chi connectivity index (χ4v) is 4.57. The van der Waals surface area contributed by atoms with E-state index in [-0.39, 0.29) is 29.6 Å². The van der Waals surface area contributed by atoms with Gasteiger partial charge in [0.1, 0.15) is 5.82 Å². The molecule has 1 atom stereocenters. The number of amides is 1. The van der Waals surface area contributed by atoms with Gasteiger partial charge in [-0.05, 0) is 35.4 Å². The van der Waals surface area contributed by atoms with E-state index < -0.39 is 17.8 Å². The van der Waals surface area contributed by atoms with Gasteiger partial charge in [0.25, 0.3) is 5.91 Å². The van der Waals surface area contributed by atoms with Crippen LogP contribution in [0.15, 0.2) is 36.4 Å². The van der Waals surface area contributed by atoms with Crippen molar-refractivity contribution in [2.24, 2.45) is 0 Å². The van der Waals surface area contributed by atoms with E-state index in [0.717, 1.165) is 28.6 Å². The van der Waals surface area contributed by atoms with Gasteiger partial charge in [-0.15, -0.1) is 0 Å². The summed E-state index contributed by atoms with van der Waals surface area (Å²) in [6, 6.07) is 7.53. The second-order valence-electron chi connectivity index (χ2n) is 8.01. The number of morpholine rings is 1.